The molecule has 2 aromatic carbocycles. The molecule has 0 bridgehead atoms. The number of carbonyl (C=O) groups excluding carboxylic acids is 1. The van der Waals surface area contributed by atoms with Crippen molar-refractivity contribution in [1.29, 1.82) is 0 Å². The maximum atomic E-state index is 12.3. The zero-order valence-corrected chi connectivity index (χ0v) is 16.5. The van der Waals surface area contributed by atoms with E-state index in [0.717, 1.165) is 23.1 Å². The van der Waals surface area contributed by atoms with E-state index in [1.807, 2.05) is 55.5 Å². The molecular weight excluding hydrogens is 378 g/mol. The summed E-state index contributed by atoms with van der Waals surface area (Å²) < 4.78 is 34.0. The molecule has 146 valence electrons. The summed E-state index contributed by atoms with van der Waals surface area (Å²) in [4.78, 5) is 12.3. The summed E-state index contributed by atoms with van der Waals surface area (Å²) in [6.45, 7) is 2.20. The molecule has 0 fully saturated rings. The minimum Gasteiger partial charge on any atom is -0.457 e. The van der Waals surface area contributed by atoms with E-state index < -0.39 is 15.7 Å². The molecule has 0 radical (unpaired) electrons. The van der Waals surface area contributed by atoms with Gasteiger partial charge < -0.3 is 14.5 Å². The van der Waals surface area contributed by atoms with Crippen molar-refractivity contribution in [1.82, 2.24) is 5.32 Å². The Balaban J connectivity index is 1.68. The highest BCUT2D eigenvalue weighted by Gasteiger charge is 2.15. The molecule has 1 heterocycles. The average molecular weight is 399 g/mol. The van der Waals surface area contributed by atoms with Crippen molar-refractivity contribution in [2.24, 2.45) is 0 Å². The van der Waals surface area contributed by atoms with Crippen molar-refractivity contribution >= 4 is 15.7 Å². The van der Waals surface area contributed by atoms with E-state index >= 15 is 0 Å². The zero-order chi connectivity index (χ0) is 20.1. The van der Waals surface area contributed by atoms with Gasteiger partial charge in [-0.25, -0.2) is 8.42 Å². The Morgan fingerprint density at radius 1 is 1.00 bits per heavy atom. The van der Waals surface area contributed by atoms with Gasteiger partial charge in [-0.2, -0.15) is 0 Å². The number of furan rings is 1. The molecule has 0 saturated heterocycles. The van der Waals surface area contributed by atoms with Crippen molar-refractivity contribution in [3.05, 3.63) is 83.3 Å². The van der Waals surface area contributed by atoms with Gasteiger partial charge in [-0.1, -0.05) is 36.4 Å². The molecule has 1 amide bonds. The van der Waals surface area contributed by atoms with Crippen molar-refractivity contribution in [2.45, 2.75) is 19.2 Å². The van der Waals surface area contributed by atoms with Crippen LogP contribution in [-0.4, -0.2) is 20.6 Å². The molecule has 3 rings (SSSR count). The Bertz CT molecular complexity index is 1090. The molecule has 0 aliphatic carbocycles. The number of ether oxygens (including phenoxy) is 1. The number of hydrogen-bond donors (Lipinski definition) is 1. The van der Waals surface area contributed by atoms with Gasteiger partial charge in [0, 0.05) is 18.4 Å². The standard InChI is InChI=1S/C21H21NO5S/c1-15-7-3-5-9-18(15)27-19-10-6-4-8-16(19)13-22-21(23)20-12-11-17(26-20)14-28(2,24)25/h3-12H,13-14H2,1-2H3,(H,22,23). The molecule has 0 saturated carbocycles. The second-order valence-corrected chi connectivity index (χ2v) is 8.63. The Hall–Kier alpha value is -3.06. The lowest BCUT2D eigenvalue weighted by Crippen LogP contribution is -2.22. The molecule has 1 aromatic heterocycles. The highest BCUT2D eigenvalue weighted by molar-refractivity contribution is 7.89. The number of sulfone groups is 1. The summed E-state index contributed by atoms with van der Waals surface area (Å²) in [7, 11) is -3.23. The Kier molecular flexibility index (Phi) is 5.84. The van der Waals surface area contributed by atoms with Gasteiger partial charge in [0.25, 0.3) is 5.91 Å². The first-order valence-electron chi connectivity index (χ1n) is 8.68. The smallest absolute Gasteiger partial charge is 0.287 e. The lowest BCUT2D eigenvalue weighted by Gasteiger charge is -2.13. The third-order valence-electron chi connectivity index (χ3n) is 4.02. The number of aryl methyl sites for hydroxylation is 1. The van der Waals surface area contributed by atoms with Crippen LogP contribution < -0.4 is 10.1 Å². The van der Waals surface area contributed by atoms with Gasteiger partial charge in [-0.05, 0) is 36.8 Å². The van der Waals surface area contributed by atoms with Crippen LogP contribution in [-0.2, 0) is 22.1 Å². The van der Waals surface area contributed by atoms with E-state index in [2.05, 4.69) is 5.32 Å². The number of amides is 1. The van der Waals surface area contributed by atoms with Gasteiger partial charge in [0.05, 0.1) is 0 Å². The number of benzene rings is 2. The summed E-state index contributed by atoms with van der Waals surface area (Å²) in [5, 5.41) is 2.77. The van der Waals surface area contributed by atoms with Crippen molar-refractivity contribution in [3.63, 3.8) is 0 Å². The molecule has 28 heavy (non-hydrogen) atoms. The fourth-order valence-corrected chi connectivity index (χ4v) is 3.31. The third-order valence-corrected chi connectivity index (χ3v) is 4.82. The van der Waals surface area contributed by atoms with Crippen molar-refractivity contribution < 1.29 is 22.4 Å². The Morgan fingerprint density at radius 3 is 2.39 bits per heavy atom. The number of para-hydroxylation sites is 2. The van der Waals surface area contributed by atoms with E-state index in [-0.39, 0.29) is 23.8 Å². The SMILES string of the molecule is Cc1ccccc1Oc1ccccc1CNC(=O)c1ccc(CS(C)(=O)=O)o1. The first kappa shape index (κ1) is 19.7. The second-order valence-electron chi connectivity index (χ2n) is 6.49. The van der Waals surface area contributed by atoms with Crippen LogP contribution in [0.25, 0.3) is 0 Å². The molecule has 0 aliphatic heterocycles. The maximum absolute atomic E-state index is 12.3. The van der Waals surface area contributed by atoms with Crippen LogP contribution in [0.4, 0.5) is 0 Å². The predicted octanol–water partition coefficient (Wildman–Crippen LogP) is 3.85. The van der Waals surface area contributed by atoms with E-state index in [4.69, 9.17) is 9.15 Å². The monoisotopic (exact) mass is 399 g/mol. The lowest BCUT2D eigenvalue weighted by molar-refractivity contribution is 0.0921. The van der Waals surface area contributed by atoms with Crippen LogP contribution in [0.1, 0.15) is 27.4 Å². The highest BCUT2D eigenvalue weighted by Crippen LogP contribution is 2.27. The number of nitrogens with one attached hydrogen (secondary N) is 1. The normalized spacial score (nSPS) is 11.2. The summed E-state index contributed by atoms with van der Waals surface area (Å²) in [5.41, 5.74) is 1.82. The van der Waals surface area contributed by atoms with Gasteiger partial charge in [-0.15, -0.1) is 0 Å². The van der Waals surface area contributed by atoms with Crippen LogP contribution in [0.3, 0.4) is 0 Å². The van der Waals surface area contributed by atoms with E-state index in [0.29, 0.717) is 5.75 Å². The summed E-state index contributed by atoms with van der Waals surface area (Å²) in [5.74, 6) is 1.03. The number of hydrogen-bond acceptors (Lipinski definition) is 5. The molecule has 7 heteroatoms. The van der Waals surface area contributed by atoms with Crippen LogP contribution >= 0.6 is 0 Å². The van der Waals surface area contributed by atoms with Crippen LogP contribution in [0, 0.1) is 6.92 Å². The topological polar surface area (TPSA) is 85.6 Å². The van der Waals surface area contributed by atoms with Gasteiger partial charge >= 0.3 is 0 Å². The van der Waals surface area contributed by atoms with Gasteiger partial charge in [0.1, 0.15) is 23.0 Å². The maximum Gasteiger partial charge on any atom is 0.287 e. The largest absolute Gasteiger partial charge is 0.457 e. The van der Waals surface area contributed by atoms with E-state index in [9.17, 15) is 13.2 Å². The highest BCUT2D eigenvalue weighted by atomic mass is 32.2. The summed E-state index contributed by atoms with van der Waals surface area (Å²) in [6, 6.07) is 18.1. The first-order valence-corrected chi connectivity index (χ1v) is 10.7. The number of rotatable bonds is 7. The molecule has 6 nitrogen and oxygen atoms in total. The summed E-state index contributed by atoms with van der Waals surface area (Å²) in [6.07, 6.45) is 1.11. The van der Waals surface area contributed by atoms with Gasteiger partial charge in [0.2, 0.25) is 0 Å². The second kappa shape index (κ2) is 8.31. The molecule has 3 aromatic rings. The minimum atomic E-state index is -3.23. The molecule has 0 aliphatic rings. The van der Waals surface area contributed by atoms with Crippen LogP contribution in [0.5, 0.6) is 11.5 Å². The fourth-order valence-electron chi connectivity index (χ4n) is 2.64. The minimum absolute atomic E-state index is 0.0657. The molecule has 0 unspecified atom stereocenters. The quantitative estimate of drug-likeness (QED) is 0.652. The van der Waals surface area contributed by atoms with E-state index in [1.165, 1.54) is 12.1 Å². The van der Waals surface area contributed by atoms with E-state index in [1.54, 1.807) is 0 Å². The molecule has 0 spiro atoms. The molecule has 1 N–H and O–H groups in total. The van der Waals surface area contributed by atoms with Crippen molar-refractivity contribution in [2.75, 3.05) is 6.26 Å². The van der Waals surface area contributed by atoms with Crippen LogP contribution in [0.2, 0.25) is 0 Å². The molecular formula is C21H21NO5S. The first-order chi connectivity index (χ1) is 13.3. The average Bonchev–Trinajstić information content (AvgIpc) is 3.09. The van der Waals surface area contributed by atoms with Crippen LogP contribution in [0.15, 0.2) is 65.1 Å². The Labute approximate surface area is 164 Å². The summed E-state index contributed by atoms with van der Waals surface area (Å²) >= 11 is 0. The van der Waals surface area contributed by atoms with Gasteiger partial charge in [-0.3, -0.25) is 4.79 Å². The van der Waals surface area contributed by atoms with Gasteiger partial charge in [0.15, 0.2) is 15.6 Å². The Morgan fingerprint density at radius 2 is 1.68 bits per heavy atom. The zero-order valence-electron chi connectivity index (χ0n) is 15.6. The van der Waals surface area contributed by atoms with Crippen molar-refractivity contribution in [3.8, 4) is 11.5 Å². The number of carbonyl (C=O) groups is 1. The predicted molar refractivity (Wildman–Crippen MR) is 106 cm³/mol. The molecule has 0 atom stereocenters. The lowest BCUT2D eigenvalue weighted by atomic mass is 10.2. The third kappa shape index (κ3) is 5.23. The fraction of sp³-hybridized carbons (Fsp3) is 0.190.